The Morgan fingerprint density at radius 3 is 2.04 bits per heavy atom. The molecule has 1 fully saturated rings. The summed E-state index contributed by atoms with van der Waals surface area (Å²) in [6.45, 7) is 0. The molecule has 1 saturated carbocycles. The van der Waals surface area contributed by atoms with Crippen LogP contribution in [0.3, 0.4) is 0 Å². The first-order valence-corrected chi connectivity index (χ1v) is 17.7. The predicted octanol–water partition coefficient (Wildman–Crippen LogP) is 11.9. The highest BCUT2D eigenvalue weighted by molar-refractivity contribution is 6.32. The fraction of sp³-hybridized carbons (Fsp3) is 0.130. The first-order valence-electron chi connectivity index (χ1n) is 17.7. The number of benzene rings is 7. The molecular formula is C46H33N3. The molecule has 232 valence electrons. The SMILES string of the molecule is c1ccc(-c2nc3ccccc3nc2-n2c3ccc4ccccc4c3c3c4ccccc4c4c(c32)C2(CCCCC2)c2ccccc2-4)cc1. The molecule has 3 heteroatoms. The van der Waals surface area contributed by atoms with Crippen molar-refractivity contribution in [2.24, 2.45) is 0 Å². The molecule has 0 atom stereocenters. The lowest BCUT2D eigenvalue weighted by atomic mass is 9.67. The maximum atomic E-state index is 5.56. The minimum atomic E-state index is -0.0639. The summed E-state index contributed by atoms with van der Waals surface area (Å²) in [4.78, 5) is 11.0. The molecule has 11 rings (SSSR count). The quantitative estimate of drug-likeness (QED) is 0.191. The highest BCUT2D eigenvalue weighted by atomic mass is 15.1. The van der Waals surface area contributed by atoms with Crippen molar-refractivity contribution >= 4 is 54.4 Å². The van der Waals surface area contributed by atoms with E-state index in [1.54, 1.807) is 0 Å². The summed E-state index contributed by atoms with van der Waals surface area (Å²) in [5, 5.41) is 7.80. The molecule has 2 aliphatic carbocycles. The van der Waals surface area contributed by atoms with Gasteiger partial charge in [0.1, 0.15) is 5.69 Å². The molecule has 0 unspecified atom stereocenters. The molecule has 49 heavy (non-hydrogen) atoms. The molecule has 2 heterocycles. The molecule has 0 bridgehead atoms. The summed E-state index contributed by atoms with van der Waals surface area (Å²) in [6, 6.07) is 50.9. The Balaban J connectivity index is 1.44. The van der Waals surface area contributed by atoms with Crippen LogP contribution in [0.5, 0.6) is 0 Å². The Morgan fingerprint density at radius 1 is 0.531 bits per heavy atom. The van der Waals surface area contributed by atoms with Crippen molar-refractivity contribution in [3.05, 3.63) is 151 Å². The highest BCUT2D eigenvalue weighted by Gasteiger charge is 2.47. The normalized spacial score (nSPS) is 15.1. The molecule has 2 aliphatic rings. The fourth-order valence-corrected chi connectivity index (χ4v) is 9.56. The van der Waals surface area contributed by atoms with E-state index in [-0.39, 0.29) is 5.41 Å². The van der Waals surface area contributed by atoms with E-state index >= 15 is 0 Å². The maximum Gasteiger partial charge on any atom is 0.165 e. The topological polar surface area (TPSA) is 30.7 Å². The lowest BCUT2D eigenvalue weighted by molar-refractivity contribution is 0.354. The minimum absolute atomic E-state index is 0.0639. The summed E-state index contributed by atoms with van der Waals surface area (Å²) in [6.07, 6.45) is 6.06. The van der Waals surface area contributed by atoms with Gasteiger partial charge in [-0.25, -0.2) is 9.97 Å². The van der Waals surface area contributed by atoms with Gasteiger partial charge >= 0.3 is 0 Å². The third kappa shape index (κ3) is 3.62. The van der Waals surface area contributed by atoms with Gasteiger partial charge in [-0.1, -0.05) is 141 Å². The minimum Gasteiger partial charge on any atom is -0.292 e. The molecule has 0 N–H and O–H groups in total. The second kappa shape index (κ2) is 10.1. The van der Waals surface area contributed by atoms with Crippen molar-refractivity contribution in [3.8, 4) is 28.2 Å². The monoisotopic (exact) mass is 627 g/mol. The maximum absolute atomic E-state index is 5.56. The Kier molecular flexibility index (Phi) is 5.60. The van der Waals surface area contributed by atoms with Crippen molar-refractivity contribution in [3.63, 3.8) is 0 Å². The molecule has 2 aromatic heterocycles. The van der Waals surface area contributed by atoms with Crippen LogP contribution in [0.15, 0.2) is 140 Å². The predicted molar refractivity (Wildman–Crippen MR) is 204 cm³/mol. The Bertz CT molecular complexity index is 2800. The number of hydrogen-bond donors (Lipinski definition) is 0. The number of rotatable bonds is 2. The van der Waals surface area contributed by atoms with Crippen molar-refractivity contribution in [1.82, 2.24) is 14.5 Å². The molecular weight excluding hydrogens is 595 g/mol. The van der Waals surface area contributed by atoms with Crippen molar-refractivity contribution in [1.29, 1.82) is 0 Å². The third-order valence-corrected chi connectivity index (χ3v) is 11.5. The summed E-state index contributed by atoms with van der Waals surface area (Å²) < 4.78 is 2.52. The smallest absolute Gasteiger partial charge is 0.165 e. The van der Waals surface area contributed by atoms with Crippen LogP contribution in [-0.4, -0.2) is 14.5 Å². The summed E-state index contributed by atoms with van der Waals surface area (Å²) in [5.41, 5.74) is 12.0. The van der Waals surface area contributed by atoms with E-state index in [0.29, 0.717) is 0 Å². The highest BCUT2D eigenvalue weighted by Crippen LogP contribution is 2.61. The van der Waals surface area contributed by atoms with Gasteiger partial charge in [0.25, 0.3) is 0 Å². The van der Waals surface area contributed by atoms with Gasteiger partial charge in [-0.05, 0) is 74.8 Å². The molecule has 3 nitrogen and oxygen atoms in total. The molecule has 1 spiro atoms. The standard InChI is InChI=1S/C46H33N3/c1-3-16-30(17-4-1)43-45(48-37-24-12-11-23-36(37)47-43)49-38-26-25-29-15-5-6-18-31(29)40(38)41-33-20-8-7-19-32(33)39-34-21-9-10-22-35(34)46(42(39)44(41)49)27-13-2-14-28-46/h1,3-12,15-26H,2,13-14,27-28H2. The van der Waals surface area contributed by atoms with Crippen LogP contribution in [0.2, 0.25) is 0 Å². The first-order chi connectivity index (χ1) is 24.3. The molecule has 0 aliphatic heterocycles. The Hall–Kier alpha value is -5.80. The lowest BCUT2D eigenvalue weighted by Crippen LogP contribution is -2.28. The number of hydrogen-bond acceptors (Lipinski definition) is 2. The zero-order valence-electron chi connectivity index (χ0n) is 27.2. The van der Waals surface area contributed by atoms with Crippen molar-refractivity contribution in [2.45, 2.75) is 37.5 Å². The molecule has 9 aromatic rings. The second-order valence-corrected chi connectivity index (χ2v) is 14.0. The summed E-state index contributed by atoms with van der Waals surface area (Å²) in [7, 11) is 0. The average molecular weight is 628 g/mol. The van der Waals surface area contributed by atoms with Crippen LogP contribution < -0.4 is 0 Å². The zero-order chi connectivity index (χ0) is 32.1. The van der Waals surface area contributed by atoms with Gasteiger partial charge in [-0.3, -0.25) is 4.57 Å². The van der Waals surface area contributed by atoms with Crippen LogP contribution in [0, 0.1) is 0 Å². The van der Waals surface area contributed by atoms with Gasteiger partial charge in [0.2, 0.25) is 0 Å². The van der Waals surface area contributed by atoms with Gasteiger partial charge in [-0.2, -0.15) is 0 Å². The number of aromatic nitrogens is 3. The van der Waals surface area contributed by atoms with Gasteiger partial charge in [0.05, 0.1) is 22.1 Å². The van der Waals surface area contributed by atoms with E-state index in [2.05, 4.69) is 144 Å². The molecule has 7 aromatic carbocycles. The molecule has 0 radical (unpaired) electrons. The largest absolute Gasteiger partial charge is 0.292 e. The molecule has 0 amide bonds. The Labute approximate surface area is 284 Å². The molecule has 0 saturated heterocycles. The van der Waals surface area contributed by atoms with Crippen LogP contribution in [0.25, 0.3) is 82.6 Å². The number of fused-ring (bicyclic) bond motifs is 15. The number of para-hydroxylation sites is 2. The Morgan fingerprint density at radius 2 is 1.20 bits per heavy atom. The van der Waals surface area contributed by atoms with E-state index in [9.17, 15) is 0 Å². The number of nitrogens with zero attached hydrogens (tertiary/aromatic N) is 3. The van der Waals surface area contributed by atoms with Crippen LogP contribution in [0.1, 0.15) is 43.2 Å². The fourth-order valence-electron chi connectivity index (χ4n) is 9.56. The van der Waals surface area contributed by atoms with Crippen molar-refractivity contribution < 1.29 is 0 Å². The van der Waals surface area contributed by atoms with Gasteiger partial charge in [-0.15, -0.1) is 0 Å². The van der Waals surface area contributed by atoms with Gasteiger partial charge < -0.3 is 0 Å². The van der Waals surface area contributed by atoms with E-state index in [4.69, 9.17) is 9.97 Å². The zero-order valence-corrected chi connectivity index (χ0v) is 27.2. The first kappa shape index (κ1) is 27.2. The van der Waals surface area contributed by atoms with Crippen molar-refractivity contribution in [2.75, 3.05) is 0 Å². The van der Waals surface area contributed by atoms with E-state index in [0.717, 1.165) is 41.0 Å². The third-order valence-electron chi connectivity index (χ3n) is 11.5. The van der Waals surface area contributed by atoms with E-state index in [1.165, 1.54) is 84.9 Å². The van der Waals surface area contributed by atoms with Crippen LogP contribution in [-0.2, 0) is 5.41 Å². The average Bonchev–Trinajstić information content (AvgIpc) is 3.66. The summed E-state index contributed by atoms with van der Waals surface area (Å²) >= 11 is 0. The van der Waals surface area contributed by atoms with Crippen LogP contribution in [0.4, 0.5) is 0 Å². The van der Waals surface area contributed by atoms with Gasteiger partial charge in [0, 0.05) is 21.8 Å². The lowest BCUT2D eigenvalue weighted by Gasteiger charge is -2.36. The summed E-state index contributed by atoms with van der Waals surface area (Å²) in [5.74, 6) is 0.888. The van der Waals surface area contributed by atoms with E-state index in [1.807, 2.05) is 0 Å². The van der Waals surface area contributed by atoms with Gasteiger partial charge in [0.15, 0.2) is 5.82 Å². The van der Waals surface area contributed by atoms with Crippen LogP contribution >= 0.6 is 0 Å². The second-order valence-electron chi connectivity index (χ2n) is 14.0. The van der Waals surface area contributed by atoms with E-state index < -0.39 is 0 Å².